The summed E-state index contributed by atoms with van der Waals surface area (Å²) in [7, 11) is 0. The number of carbonyl (C=O) groups is 2. The third-order valence-electron chi connectivity index (χ3n) is 2.95. The summed E-state index contributed by atoms with van der Waals surface area (Å²) in [6.07, 6.45) is 0. The Hall–Kier alpha value is -1.55. The molecule has 4 nitrogen and oxygen atoms in total. The molecule has 110 valence electrons. The minimum atomic E-state index is -1.12. The number of nitrogens with one attached hydrogen (secondary N) is 2. The SMILES string of the molecule is CC(C)NC(=O)C(C)(C)C(=O)NCc1ccccc1Cl. The zero-order valence-electron chi connectivity index (χ0n) is 12.3. The highest BCUT2D eigenvalue weighted by atomic mass is 35.5. The minimum Gasteiger partial charge on any atom is -0.353 e. The number of hydrogen-bond acceptors (Lipinski definition) is 2. The second-order valence-corrected chi connectivity index (χ2v) is 5.93. The van der Waals surface area contributed by atoms with Crippen molar-refractivity contribution in [1.82, 2.24) is 10.6 Å². The van der Waals surface area contributed by atoms with Crippen LogP contribution in [0.25, 0.3) is 0 Å². The smallest absolute Gasteiger partial charge is 0.235 e. The predicted molar refractivity (Wildman–Crippen MR) is 80.4 cm³/mol. The van der Waals surface area contributed by atoms with Crippen LogP contribution >= 0.6 is 11.6 Å². The number of benzene rings is 1. The summed E-state index contributed by atoms with van der Waals surface area (Å²) in [6.45, 7) is 7.22. The Morgan fingerprint density at radius 1 is 1.20 bits per heavy atom. The van der Waals surface area contributed by atoms with Crippen molar-refractivity contribution >= 4 is 23.4 Å². The quantitative estimate of drug-likeness (QED) is 0.820. The standard InChI is InChI=1S/C15H21ClN2O2/c1-10(2)18-14(20)15(3,4)13(19)17-9-11-7-5-6-8-12(11)16/h5-8,10H,9H2,1-4H3,(H,17,19)(H,18,20). The molecule has 0 radical (unpaired) electrons. The number of rotatable bonds is 5. The molecule has 0 atom stereocenters. The molecule has 0 aromatic heterocycles. The zero-order chi connectivity index (χ0) is 15.3. The predicted octanol–water partition coefficient (Wildman–Crippen LogP) is 2.51. The lowest BCUT2D eigenvalue weighted by molar-refractivity contribution is -0.141. The Bertz CT molecular complexity index is 498. The van der Waals surface area contributed by atoms with Crippen LogP contribution in [0, 0.1) is 5.41 Å². The molecule has 5 heteroatoms. The summed E-state index contributed by atoms with van der Waals surface area (Å²) in [5.41, 5.74) is -0.298. The van der Waals surface area contributed by atoms with Gasteiger partial charge in [0.2, 0.25) is 11.8 Å². The first-order chi connectivity index (χ1) is 9.25. The highest BCUT2D eigenvalue weighted by Crippen LogP contribution is 2.18. The van der Waals surface area contributed by atoms with Crippen molar-refractivity contribution in [3.63, 3.8) is 0 Å². The van der Waals surface area contributed by atoms with Gasteiger partial charge in [-0.1, -0.05) is 29.8 Å². The fourth-order valence-electron chi connectivity index (χ4n) is 1.58. The van der Waals surface area contributed by atoms with Crippen molar-refractivity contribution in [1.29, 1.82) is 0 Å². The van der Waals surface area contributed by atoms with Crippen LogP contribution in [0.1, 0.15) is 33.3 Å². The van der Waals surface area contributed by atoms with E-state index in [9.17, 15) is 9.59 Å². The molecule has 20 heavy (non-hydrogen) atoms. The van der Waals surface area contributed by atoms with Crippen molar-refractivity contribution in [3.05, 3.63) is 34.9 Å². The molecule has 1 aromatic carbocycles. The van der Waals surface area contributed by atoms with Crippen molar-refractivity contribution in [2.45, 2.75) is 40.3 Å². The van der Waals surface area contributed by atoms with Crippen LogP contribution in [0.5, 0.6) is 0 Å². The van der Waals surface area contributed by atoms with Gasteiger partial charge in [-0.2, -0.15) is 0 Å². The van der Waals surface area contributed by atoms with E-state index in [4.69, 9.17) is 11.6 Å². The maximum absolute atomic E-state index is 12.2. The van der Waals surface area contributed by atoms with Crippen LogP contribution in [-0.2, 0) is 16.1 Å². The molecule has 0 saturated carbocycles. The van der Waals surface area contributed by atoms with Crippen molar-refractivity contribution in [2.24, 2.45) is 5.41 Å². The van der Waals surface area contributed by atoms with E-state index in [2.05, 4.69) is 10.6 Å². The van der Waals surface area contributed by atoms with Crippen molar-refractivity contribution in [2.75, 3.05) is 0 Å². The lowest BCUT2D eigenvalue weighted by Crippen LogP contribution is -2.49. The molecule has 1 rings (SSSR count). The maximum atomic E-state index is 12.2. The first kappa shape index (κ1) is 16.5. The van der Waals surface area contributed by atoms with Crippen molar-refractivity contribution < 1.29 is 9.59 Å². The summed E-state index contributed by atoms with van der Waals surface area (Å²) in [5.74, 6) is -0.611. The Balaban J connectivity index is 2.66. The van der Waals surface area contributed by atoms with Gasteiger partial charge >= 0.3 is 0 Å². The fourth-order valence-corrected chi connectivity index (χ4v) is 1.79. The van der Waals surface area contributed by atoms with Gasteiger partial charge in [0.05, 0.1) is 0 Å². The lowest BCUT2D eigenvalue weighted by Gasteiger charge is -2.24. The lowest BCUT2D eigenvalue weighted by atomic mass is 9.90. The molecule has 1 aromatic rings. The number of halogens is 1. The van der Waals surface area contributed by atoms with E-state index in [1.165, 1.54) is 0 Å². The largest absolute Gasteiger partial charge is 0.353 e. The molecule has 0 fully saturated rings. The molecule has 0 aliphatic heterocycles. The maximum Gasteiger partial charge on any atom is 0.235 e. The molecule has 0 unspecified atom stereocenters. The average molecular weight is 297 g/mol. The van der Waals surface area contributed by atoms with Crippen LogP contribution < -0.4 is 10.6 Å². The molecule has 0 aliphatic rings. The van der Waals surface area contributed by atoms with Gasteiger partial charge in [-0.15, -0.1) is 0 Å². The minimum absolute atomic E-state index is 0.00172. The van der Waals surface area contributed by atoms with Gasteiger partial charge in [0.15, 0.2) is 0 Å². The highest BCUT2D eigenvalue weighted by molar-refractivity contribution is 6.31. The van der Waals surface area contributed by atoms with E-state index in [1.54, 1.807) is 19.9 Å². The summed E-state index contributed by atoms with van der Waals surface area (Å²) in [4.78, 5) is 24.2. The number of amides is 2. The van der Waals surface area contributed by atoms with E-state index in [1.807, 2.05) is 32.0 Å². The third-order valence-corrected chi connectivity index (χ3v) is 3.32. The van der Waals surface area contributed by atoms with Gasteiger partial charge in [0, 0.05) is 17.6 Å². The monoisotopic (exact) mass is 296 g/mol. The first-order valence-corrected chi connectivity index (χ1v) is 6.95. The molecule has 0 heterocycles. The van der Waals surface area contributed by atoms with Gasteiger partial charge in [-0.25, -0.2) is 0 Å². The van der Waals surface area contributed by atoms with Gasteiger partial charge in [-0.05, 0) is 39.3 Å². The summed E-state index contributed by atoms with van der Waals surface area (Å²) < 4.78 is 0. The second kappa shape index (κ2) is 6.75. The van der Waals surface area contributed by atoms with Crippen LogP contribution in [-0.4, -0.2) is 17.9 Å². The molecular weight excluding hydrogens is 276 g/mol. The second-order valence-electron chi connectivity index (χ2n) is 5.53. The average Bonchev–Trinajstić information content (AvgIpc) is 2.36. The molecule has 0 spiro atoms. The molecular formula is C15H21ClN2O2. The van der Waals surface area contributed by atoms with Gasteiger partial charge < -0.3 is 10.6 Å². The molecule has 0 bridgehead atoms. The molecule has 0 saturated heterocycles. The molecule has 0 aliphatic carbocycles. The van der Waals surface area contributed by atoms with Gasteiger partial charge in [-0.3, -0.25) is 9.59 Å². The van der Waals surface area contributed by atoms with E-state index >= 15 is 0 Å². The third kappa shape index (κ3) is 4.23. The summed E-state index contributed by atoms with van der Waals surface area (Å²) >= 11 is 6.02. The Labute approximate surface area is 124 Å². The number of carbonyl (C=O) groups excluding carboxylic acids is 2. The highest BCUT2D eigenvalue weighted by Gasteiger charge is 2.36. The van der Waals surface area contributed by atoms with Gasteiger partial charge in [0.1, 0.15) is 5.41 Å². The van der Waals surface area contributed by atoms with Crippen LogP contribution in [0.2, 0.25) is 5.02 Å². The summed E-state index contributed by atoms with van der Waals surface area (Å²) in [5, 5.41) is 6.09. The Morgan fingerprint density at radius 3 is 2.35 bits per heavy atom. The first-order valence-electron chi connectivity index (χ1n) is 6.58. The molecule has 2 N–H and O–H groups in total. The van der Waals surface area contributed by atoms with E-state index in [-0.39, 0.29) is 17.9 Å². The van der Waals surface area contributed by atoms with Crippen LogP contribution in [0.4, 0.5) is 0 Å². The summed E-state index contributed by atoms with van der Waals surface area (Å²) in [6, 6.07) is 7.28. The number of hydrogen-bond donors (Lipinski definition) is 2. The molecule has 2 amide bonds. The zero-order valence-corrected chi connectivity index (χ0v) is 13.0. The Morgan fingerprint density at radius 2 is 1.80 bits per heavy atom. The van der Waals surface area contributed by atoms with E-state index < -0.39 is 5.41 Å². The van der Waals surface area contributed by atoms with Crippen LogP contribution in [0.15, 0.2) is 24.3 Å². The van der Waals surface area contributed by atoms with E-state index in [0.717, 1.165) is 5.56 Å². The van der Waals surface area contributed by atoms with E-state index in [0.29, 0.717) is 11.6 Å². The van der Waals surface area contributed by atoms with Crippen molar-refractivity contribution in [3.8, 4) is 0 Å². The topological polar surface area (TPSA) is 58.2 Å². The normalized spacial score (nSPS) is 11.3. The van der Waals surface area contributed by atoms with Gasteiger partial charge in [0.25, 0.3) is 0 Å². The Kier molecular flexibility index (Phi) is 5.57. The fraction of sp³-hybridized carbons (Fsp3) is 0.467. The van der Waals surface area contributed by atoms with Crippen LogP contribution in [0.3, 0.4) is 0 Å².